The predicted molar refractivity (Wildman–Crippen MR) is 104 cm³/mol. The number of hydrogen-bond donors (Lipinski definition) is 1. The van der Waals surface area contributed by atoms with Crippen molar-refractivity contribution in [1.29, 1.82) is 0 Å². The van der Waals surface area contributed by atoms with Gasteiger partial charge in [0, 0.05) is 22.8 Å². The summed E-state index contributed by atoms with van der Waals surface area (Å²) < 4.78 is 0. The molecule has 2 aliphatic rings. The van der Waals surface area contributed by atoms with Crippen LogP contribution in [0.3, 0.4) is 0 Å². The van der Waals surface area contributed by atoms with Crippen molar-refractivity contribution >= 4 is 28.4 Å². The molecule has 1 N–H and O–H groups in total. The van der Waals surface area contributed by atoms with Crippen molar-refractivity contribution in [2.24, 2.45) is 0 Å². The lowest BCUT2D eigenvalue weighted by Gasteiger charge is -2.25. The van der Waals surface area contributed by atoms with Gasteiger partial charge in [0.05, 0.1) is 22.4 Å². The maximum atomic E-state index is 13.0. The van der Waals surface area contributed by atoms with Crippen LogP contribution in [-0.2, 0) is 0 Å². The largest absolute Gasteiger partial charge is 0.515 e. The molecule has 4 nitrogen and oxygen atoms in total. The number of aliphatic hydroxyl groups excluding tert-OH is 1. The van der Waals surface area contributed by atoms with Crippen molar-refractivity contribution in [3.8, 4) is 0 Å². The molecule has 0 amide bonds. The highest BCUT2D eigenvalue weighted by Gasteiger charge is 2.18. The number of aliphatic hydroxyl groups is 1. The number of hydrogen-bond acceptors (Lipinski definition) is 4. The monoisotopic (exact) mass is 343 g/mol. The molecule has 0 radical (unpaired) electrons. The molecule has 0 heterocycles. The van der Waals surface area contributed by atoms with E-state index in [2.05, 4.69) is 0 Å². The van der Waals surface area contributed by atoms with Crippen molar-refractivity contribution in [2.75, 3.05) is 11.4 Å². The van der Waals surface area contributed by atoms with E-state index in [9.17, 15) is 14.7 Å². The van der Waals surface area contributed by atoms with E-state index in [1.54, 1.807) is 6.07 Å². The van der Waals surface area contributed by atoms with Crippen molar-refractivity contribution in [1.82, 2.24) is 0 Å². The van der Waals surface area contributed by atoms with Gasteiger partial charge >= 0.3 is 0 Å². The summed E-state index contributed by atoms with van der Waals surface area (Å²) in [5, 5.41) is 12.4. The van der Waals surface area contributed by atoms with Crippen molar-refractivity contribution < 1.29 is 5.11 Å². The van der Waals surface area contributed by atoms with Crippen molar-refractivity contribution in [3.05, 3.63) is 96.8 Å². The van der Waals surface area contributed by atoms with Crippen molar-refractivity contribution in [2.45, 2.75) is 6.92 Å². The molecule has 0 aromatic heterocycles. The molecule has 0 fully saturated rings. The number of nitrogens with zero attached hydrogens (tertiary/aromatic N) is 1. The Labute approximate surface area is 149 Å². The van der Waals surface area contributed by atoms with E-state index in [0.29, 0.717) is 17.5 Å². The summed E-state index contributed by atoms with van der Waals surface area (Å²) in [7, 11) is 0. The minimum absolute atomic E-state index is 0.131. The van der Waals surface area contributed by atoms with Crippen LogP contribution in [-0.4, -0.2) is 11.7 Å². The molecule has 0 unspecified atom stereocenters. The second-order valence-electron chi connectivity index (χ2n) is 6.14. The fourth-order valence-electron chi connectivity index (χ4n) is 3.66. The minimum atomic E-state index is -0.439. The topological polar surface area (TPSA) is 57.6 Å². The quantitative estimate of drug-likeness (QED) is 0.621. The predicted octanol–water partition coefficient (Wildman–Crippen LogP) is 2.90. The summed E-state index contributed by atoms with van der Waals surface area (Å²) in [6, 6.07) is 18.5. The smallest absolute Gasteiger partial charge is 0.202 e. The first-order valence-electron chi connectivity index (χ1n) is 8.49. The van der Waals surface area contributed by atoms with Gasteiger partial charge < -0.3 is 10.0 Å². The molecule has 4 rings (SSSR count). The normalized spacial score (nSPS) is 12.1. The Morgan fingerprint density at radius 1 is 0.923 bits per heavy atom. The summed E-state index contributed by atoms with van der Waals surface area (Å²) in [6.07, 6.45) is 0.817. The van der Waals surface area contributed by atoms with Crippen LogP contribution in [0, 0.1) is 10.4 Å². The Balaban J connectivity index is 2.29. The molecule has 26 heavy (non-hydrogen) atoms. The lowest BCUT2D eigenvalue weighted by molar-refractivity contribution is 0.540. The number of para-hydroxylation sites is 1. The number of rotatable bonds is 3. The summed E-state index contributed by atoms with van der Waals surface area (Å²) in [5.74, 6) is 0. The molecular weight excluding hydrogens is 326 g/mol. The zero-order valence-corrected chi connectivity index (χ0v) is 14.3. The highest BCUT2D eigenvalue weighted by Crippen LogP contribution is 2.28. The molecule has 0 saturated heterocycles. The maximum absolute atomic E-state index is 13.0. The molecule has 0 aliphatic heterocycles. The van der Waals surface area contributed by atoms with Crippen LogP contribution in [0.4, 0.5) is 11.4 Å². The zero-order chi connectivity index (χ0) is 18.3. The van der Waals surface area contributed by atoms with Gasteiger partial charge in [-0.2, -0.15) is 0 Å². The van der Waals surface area contributed by atoms with E-state index in [1.807, 2.05) is 60.4 Å². The minimum Gasteiger partial charge on any atom is -0.515 e. The highest BCUT2D eigenvalue weighted by atomic mass is 16.2. The Kier molecular flexibility index (Phi) is 3.81. The van der Waals surface area contributed by atoms with Gasteiger partial charge in [-0.1, -0.05) is 42.5 Å². The molecule has 128 valence electrons. The van der Waals surface area contributed by atoms with Gasteiger partial charge in [-0.05, 0) is 30.5 Å². The van der Waals surface area contributed by atoms with Gasteiger partial charge in [0.15, 0.2) is 5.43 Å². The van der Waals surface area contributed by atoms with Crippen LogP contribution >= 0.6 is 0 Å². The fraction of sp³-hybridized carbons (Fsp3) is 0.0909. The first-order valence-corrected chi connectivity index (χ1v) is 8.49. The average Bonchev–Trinajstić information content (AvgIpc) is 2.68. The van der Waals surface area contributed by atoms with E-state index >= 15 is 0 Å². The first kappa shape index (κ1) is 16.1. The summed E-state index contributed by atoms with van der Waals surface area (Å²) in [4.78, 5) is 27.4. The molecule has 2 aliphatic carbocycles. The van der Waals surface area contributed by atoms with E-state index in [4.69, 9.17) is 0 Å². The number of benzene rings is 2. The van der Waals surface area contributed by atoms with Gasteiger partial charge in [0.2, 0.25) is 5.43 Å². The van der Waals surface area contributed by atoms with Crippen LogP contribution in [0.5, 0.6) is 0 Å². The number of anilines is 2. The van der Waals surface area contributed by atoms with E-state index in [1.165, 1.54) is 6.07 Å². The third-order valence-corrected chi connectivity index (χ3v) is 4.77. The van der Waals surface area contributed by atoms with Gasteiger partial charge in [-0.25, -0.2) is 0 Å². The lowest BCUT2D eigenvalue weighted by atomic mass is 9.99. The first-order chi connectivity index (χ1) is 12.7. The molecule has 2 aromatic rings. The van der Waals surface area contributed by atoms with Gasteiger partial charge in [-0.15, -0.1) is 0 Å². The summed E-state index contributed by atoms with van der Waals surface area (Å²) >= 11 is 0. The lowest BCUT2D eigenvalue weighted by Crippen LogP contribution is -2.36. The van der Waals surface area contributed by atoms with E-state index in [-0.39, 0.29) is 15.9 Å². The third-order valence-electron chi connectivity index (χ3n) is 4.77. The maximum Gasteiger partial charge on any atom is 0.202 e. The third kappa shape index (κ3) is 2.23. The second-order valence-corrected chi connectivity index (χ2v) is 6.14. The van der Waals surface area contributed by atoms with Crippen LogP contribution in [0.1, 0.15) is 6.92 Å². The SMILES string of the molecule is CCN(c1ccccc1)c1/c(=C/O)c(=O)c2c(=O)ccc3cccc1c3=2. The molecule has 2 aromatic carbocycles. The van der Waals surface area contributed by atoms with E-state index in [0.717, 1.165) is 22.7 Å². The molecule has 4 heteroatoms. The van der Waals surface area contributed by atoms with Crippen LogP contribution in [0.2, 0.25) is 0 Å². The molecule has 0 saturated carbocycles. The standard InChI is InChI=1S/C22H17NO3/c1-2-23(15-8-4-3-5-9-15)21-16-10-6-7-14-11-12-18(25)20(19(14)16)22(26)17(21)13-24/h3-13,24H,2H2,1H3/b17-13-. The molecule has 0 atom stereocenters. The zero-order valence-electron chi connectivity index (χ0n) is 14.3. The Morgan fingerprint density at radius 2 is 1.69 bits per heavy atom. The molecular formula is C22H17NO3. The van der Waals surface area contributed by atoms with Crippen LogP contribution in [0.25, 0.3) is 17.0 Å². The second kappa shape index (κ2) is 6.15. The molecule has 0 bridgehead atoms. The summed E-state index contributed by atoms with van der Waals surface area (Å²) in [6.45, 7) is 2.59. The summed E-state index contributed by atoms with van der Waals surface area (Å²) in [5.41, 5.74) is 0.771. The average molecular weight is 343 g/mol. The Morgan fingerprint density at radius 3 is 2.38 bits per heavy atom. The Hall–Kier alpha value is -3.40. The van der Waals surface area contributed by atoms with Gasteiger partial charge in [0.25, 0.3) is 0 Å². The molecule has 0 spiro atoms. The van der Waals surface area contributed by atoms with Gasteiger partial charge in [0.1, 0.15) is 0 Å². The van der Waals surface area contributed by atoms with Crippen LogP contribution < -0.4 is 21.0 Å². The van der Waals surface area contributed by atoms with Crippen molar-refractivity contribution in [3.63, 3.8) is 0 Å². The fourth-order valence-corrected chi connectivity index (χ4v) is 3.66. The van der Waals surface area contributed by atoms with Gasteiger partial charge in [-0.3, -0.25) is 9.59 Å². The van der Waals surface area contributed by atoms with Crippen LogP contribution in [0.15, 0.2) is 70.3 Å². The van der Waals surface area contributed by atoms with E-state index < -0.39 is 5.43 Å². The Bertz CT molecular complexity index is 1320. The highest BCUT2D eigenvalue weighted by molar-refractivity contribution is 5.87.